The summed E-state index contributed by atoms with van der Waals surface area (Å²) in [6.45, 7) is 1.77. The standard InChI is InChI=1S/C19H28N2O3S2/c1-20(13-17-12-14-4-5-16(17)11-14)19(22)15-6-8-21(9-7-15)26(23,24)18-3-2-10-25-18/h2-3,10,14-17H,4-9,11-13H2,1H3/t14-,16+,17-/m0/s1. The molecule has 2 saturated carbocycles. The molecule has 0 aromatic carbocycles. The molecule has 1 aliphatic heterocycles. The molecule has 3 fully saturated rings. The molecule has 2 bridgehead atoms. The molecule has 26 heavy (non-hydrogen) atoms. The number of amides is 1. The Labute approximate surface area is 160 Å². The molecule has 1 aromatic heterocycles. The first kappa shape index (κ1) is 18.4. The maximum absolute atomic E-state index is 12.8. The van der Waals surface area contributed by atoms with E-state index in [4.69, 9.17) is 0 Å². The van der Waals surface area contributed by atoms with Crippen LogP contribution in [0.3, 0.4) is 0 Å². The van der Waals surface area contributed by atoms with Gasteiger partial charge < -0.3 is 4.90 Å². The van der Waals surface area contributed by atoms with Crippen LogP contribution < -0.4 is 0 Å². The average molecular weight is 397 g/mol. The van der Waals surface area contributed by atoms with Crippen molar-refractivity contribution in [3.05, 3.63) is 17.5 Å². The predicted octanol–water partition coefficient (Wildman–Crippen LogP) is 3.04. The summed E-state index contributed by atoms with van der Waals surface area (Å²) in [7, 11) is -1.45. The third kappa shape index (κ3) is 3.45. The normalized spacial score (nSPS) is 30.0. The highest BCUT2D eigenvalue weighted by molar-refractivity contribution is 7.91. The van der Waals surface area contributed by atoms with Crippen molar-refractivity contribution in [1.29, 1.82) is 0 Å². The molecule has 0 spiro atoms. The molecular formula is C19H28N2O3S2. The van der Waals surface area contributed by atoms with E-state index in [1.165, 1.54) is 37.0 Å². The number of carbonyl (C=O) groups is 1. The summed E-state index contributed by atoms with van der Waals surface area (Å²) in [5, 5.41) is 1.79. The summed E-state index contributed by atoms with van der Waals surface area (Å²) in [6.07, 6.45) is 6.65. The van der Waals surface area contributed by atoms with Crippen LogP contribution in [0.25, 0.3) is 0 Å². The summed E-state index contributed by atoms with van der Waals surface area (Å²) in [5.74, 6) is 2.59. The summed E-state index contributed by atoms with van der Waals surface area (Å²) in [5.41, 5.74) is 0. The molecule has 144 valence electrons. The van der Waals surface area contributed by atoms with E-state index in [-0.39, 0.29) is 11.8 Å². The van der Waals surface area contributed by atoms with Gasteiger partial charge in [-0.05, 0) is 61.3 Å². The second-order valence-corrected chi connectivity index (χ2v) is 11.4. The molecule has 4 rings (SSSR count). The zero-order valence-electron chi connectivity index (χ0n) is 15.3. The topological polar surface area (TPSA) is 57.7 Å². The molecule has 3 atom stereocenters. The lowest BCUT2D eigenvalue weighted by atomic mass is 9.88. The highest BCUT2D eigenvalue weighted by Gasteiger charge is 2.41. The second-order valence-electron chi connectivity index (χ2n) is 8.26. The Bertz CT molecular complexity index is 739. The van der Waals surface area contributed by atoms with Gasteiger partial charge in [-0.25, -0.2) is 8.42 Å². The van der Waals surface area contributed by atoms with Gasteiger partial charge in [-0.3, -0.25) is 4.79 Å². The molecule has 1 saturated heterocycles. The molecule has 0 unspecified atom stereocenters. The second kappa shape index (κ2) is 7.24. The van der Waals surface area contributed by atoms with Crippen LogP contribution in [-0.4, -0.2) is 50.2 Å². The number of hydrogen-bond acceptors (Lipinski definition) is 4. The summed E-state index contributed by atoms with van der Waals surface area (Å²) in [6, 6.07) is 3.42. The fraction of sp³-hybridized carbons (Fsp3) is 0.737. The van der Waals surface area contributed by atoms with Crippen molar-refractivity contribution >= 4 is 27.3 Å². The molecule has 0 N–H and O–H groups in total. The van der Waals surface area contributed by atoms with Crippen LogP contribution in [-0.2, 0) is 14.8 Å². The van der Waals surface area contributed by atoms with Gasteiger partial charge in [0, 0.05) is 32.6 Å². The summed E-state index contributed by atoms with van der Waals surface area (Å²) in [4.78, 5) is 14.8. The maximum atomic E-state index is 12.8. The number of piperidine rings is 1. The van der Waals surface area contributed by atoms with Crippen LogP contribution in [0.1, 0.15) is 38.5 Å². The van der Waals surface area contributed by atoms with E-state index in [0.29, 0.717) is 36.1 Å². The minimum absolute atomic E-state index is 0.0339. The van der Waals surface area contributed by atoms with E-state index in [1.54, 1.807) is 21.8 Å². The molecule has 0 radical (unpaired) electrons. The monoisotopic (exact) mass is 396 g/mol. The first-order valence-electron chi connectivity index (χ1n) is 9.74. The van der Waals surface area contributed by atoms with Crippen molar-refractivity contribution in [2.45, 2.75) is 42.7 Å². The van der Waals surface area contributed by atoms with Crippen LogP contribution in [0, 0.1) is 23.7 Å². The van der Waals surface area contributed by atoms with E-state index in [0.717, 1.165) is 18.4 Å². The zero-order chi connectivity index (χ0) is 18.3. The lowest BCUT2D eigenvalue weighted by Crippen LogP contribution is -2.44. The van der Waals surface area contributed by atoms with Gasteiger partial charge in [0.25, 0.3) is 10.0 Å². The zero-order valence-corrected chi connectivity index (χ0v) is 17.0. The van der Waals surface area contributed by atoms with E-state index >= 15 is 0 Å². The van der Waals surface area contributed by atoms with E-state index in [1.807, 2.05) is 11.9 Å². The number of rotatable bonds is 5. The van der Waals surface area contributed by atoms with Gasteiger partial charge in [0.05, 0.1) is 0 Å². The quantitative estimate of drug-likeness (QED) is 0.769. The SMILES string of the molecule is CN(C[C@@H]1C[C@H]2CC[C@@H]1C2)C(=O)C1CCN(S(=O)(=O)c2cccs2)CC1. The average Bonchev–Trinajstić information content (AvgIpc) is 3.39. The fourth-order valence-corrected chi connectivity index (χ4v) is 7.85. The van der Waals surface area contributed by atoms with Crippen LogP contribution in [0.5, 0.6) is 0 Å². The summed E-state index contributed by atoms with van der Waals surface area (Å²) < 4.78 is 27.1. The van der Waals surface area contributed by atoms with E-state index < -0.39 is 10.0 Å². The minimum Gasteiger partial charge on any atom is -0.345 e. The molecular weight excluding hydrogens is 368 g/mol. The van der Waals surface area contributed by atoms with Crippen LogP contribution in [0.2, 0.25) is 0 Å². The van der Waals surface area contributed by atoms with Crippen molar-refractivity contribution in [3.63, 3.8) is 0 Å². The largest absolute Gasteiger partial charge is 0.345 e. The smallest absolute Gasteiger partial charge is 0.252 e. The Balaban J connectivity index is 1.30. The third-order valence-corrected chi connectivity index (χ3v) is 9.93. The Morgan fingerprint density at radius 1 is 1.23 bits per heavy atom. The molecule has 3 aliphatic rings. The van der Waals surface area contributed by atoms with E-state index in [9.17, 15) is 13.2 Å². The number of sulfonamides is 1. The van der Waals surface area contributed by atoms with Gasteiger partial charge in [0.1, 0.15) is 4.21 Å². The Morgan fingerprint density at radius 3 is 2.58 bits per heavy atom. The Hall–Kier alpha value is -0.920. The number of hydrogen-bond donors (Lipinski definition) is 0. The van der Waals surface area contributed by atoms with Crippen LogP contribution >= 0.6 is 11.3 Å². The lowest BCUT2D eigenvalue weighted by Gasteiger charge is -2.34. The van der Waals surface area contributed by atoms with Crippen LogP contribution in [0.4, 0.5) is 0 Å². The molecule has 2 aliphatic carbocycles. The van der Waals surface area contributed by atoms with E-state index in [2.05, 4.69) is 0 Å². The van der Waals surface area contributed by atoms with Crippen molar-refractivity contribution in [1.82, 2.24) is 9.21 Å². The minimum atomic E-state index is -3.39. The lowest BCUT2D eigenvalue weighted by molar-refractivity contribution is -0.136. The van der Waals surface area contributed by atoms with Gasteiger partial charge in [-0.15, -0.1) is 11.3 Å². The molecule has 7 heteroatoms. The van der Waals surface area contributed by atoms with Crippen molar-refractivity contribution in [2.24, 2.45) is 23.7 Å². The van der Waals surface area contributed by atoms with Gasteiger partial charge in [-0.2, -0.15) is 4.31 Å². The highest BCUT2D eigenvalue weighted by Crippen LogP contribution is 2.48. The maximum Gasteiger partial charge on any atom is 0.252 e. The number of carbonyl (C=O) groups excluding carboxylic acids is 1. The van der Waals surface area contributed by atoms with Crippen molar-refractivity contribution < 1.29 is 13.2 Å². The van der Waals surface area contributed by atoms with Crippen molar-refractivity contribution in [3.8, 4) is 0 Å². The van der Waals surface area contributed by atoms with Crippen LogP contribution in [0.15, 0.2) is 21.7 Å². The first-order valence-corrected chi connectivity index (χ1v) is 12.1. The summed E-state index contributed by atoms with van der Waals surface area (Å²) >= 11 is 1.25. The Morgan fingerprint density at radius 2 is 2.00 bits per heavy atom. The van der Waals surface area contributed by atoms with Gasteiger partial charge in [0.15, 0.2) is 0 Å². The molecule has 2 heterocycles. The molecule has 5 nitrogen and oxygen atoms in total. The highest BCUT2D eigenvalue weighted by atomic mass is 32.2. The number of fused-ring (bicyclic) bond motifs is 2. The van der Waals surface area contributed by atoms with Gasteiger partial charge >= 0.3 is 0 Å². The third-order valence-electron chi connectivity index (χ3n) is 6.66. The number of nitrogens with zero attached hydrogens (tertiary/aromatic N) is 2. The number of thiophene rings is 1. The Kier molecular flexibility index (Phi) is 5.14. The van der Waals surface area contributed by atoms with Gasteiger partial charge in [0.2, 0.25) is 5.91 Å². The first-order chi connectivity index (χ1) is 12.4. The fourth-order valence-electron chi connectivity index (χ4n) is 5.23. The van der Waals surface area contributed by atoms with Gasteiger partial charge in [-0.1, -0.05) is 12.5 Å². The molecule has 1 amide bonds. The van der Waals surface area contributed by atoms with Crippen molar-refractivity contribution in [2.75, 3.05) is 26.7 Å². The predicted molar refractivity (Wildman–Crippen MR) is 102 cm³/mol. The molecule has 1 aromatic rings.